The third kappa shape index (κ3) is 31.0. The highest BCUT2D eigenvalue weighted by atomic mass is 16.5. The van der Waals surface area contributed by atoms with Crippen molar-refractivity contribution in [1.29, 1.82) is 0 Å². The van der Waals surface area contributed by atoms with Crippen LogP contribution in [0.15, 0.2) is 24.3 Å². The van der Waals surface area contributed by atoms with Crippen molar-refractivity contribution in [2.75, 3.05) is 6.61 Å². The first kappa shape index (κ1) is 35.0. The van der Waals surface area contributed by atoms with E-state index in [2.05, 4.69) is 38.2 Å². The maximum absolute atomic E-state index is 11.9. The van der Waals surface area contributed by atoms with E-state index in [0.717, 1.165) is 25.7 Å². The van der Waals surface area contributed by atoms with Crippen molar-refractivity contribution in [3.8, 4) is 0 Å². The molecule has 0 aliphatic rings. The molecule has 2 nitrogen and oxygen atoms in total. The summed E-state index contributed by atoms with van der Waals surface area (Å²) in [6.07, 6.45) is 42.2. The SMILES string of the molecule is CCCCC/C=C/C/C=C/CCCCCCCC(=O)OCCCCCCCCCCCCCCCC. The van der Waals surface area contributed by atoms with E-state index >= 15 is 0 Å². The van der Waals surface area contributed by atoms with Crippen LogP contribution in [0.25, 0.3) is 0 Å². The lowest BCUT2D eigenvalue weighted by atomic mass is 10.0. The second-order valence-electron chi connectivity index (χ2n) is 10.8. The maximum Gasteiger partial charge on any atom is 0.305 e. The Morgan fingerprint density at radius 3 is 1.39 bits per heavy atom. The van der Waals surface area contributed by atoms with Gasteiger partial charge in [-0.05, 0) is 44.9 Å². The Balaban J connectivity index is 3.22. The van der Waals surface area contributed by atoms with Crippen LogP contribution < -0.4 is 0 Å². The average Bonchev–Trinajstić information content (AvgIpc) is 2.88. The number of hydrogen-bond acceptors (Lipinski definition) is 2. The Morgan fingerprint density at radius 1 is 0.472 bits per heavy atom. The topological polar surface area (TPSA) is 26.3 Å². The highest BCUT2D eigenvalue weighted by Crippen LogP contribution is 2.13. The first-order chi connectivity index (χ1) is 17.8. The van der Waals surface area contributed by atoms with Gasteiger partial charge in [0.25, 0.3) is 0 Å². The number of rotatable bonds is 29. The van der Waals surface area contributed by atoms with E-state index in [1.54, 1.807) is 0 Å². The van der Waals surface area contributed by atoms with Gasteiger partial charge in [-0.3, -0.25) is 4.79 Å². The van der Waals surface area contributed by atoms with E-state index in [9.17, 15) is 4.79 Å². The van der Waals surface area contributed by atoms with E-state index in [1.165, 1.54) is 135 Å². The van der Waals surface area contributed by atoms with E-state index in [0.29, 0.717) is 13.0 Å². The molecule has 0 unspecified atom stereocenters. The summed E-state index contributed by atoms with van der Waals surface area (Å²) in [4.78, 5) is 11.9. The van der Waals surface area contributed by atoms with Gasteiger partial charge >= 0.3 is 5.97 Å². The standard InChI is InChI=1S/C34H64O2/c1-3-5-7-9-11-13-15-17-19-20-22-24-26-28-30-32-34(35)36-33-31-29-27-25-23-21-18-16-14-12-10-8-6-4-2/h11,13,17,19H,3-10,12,14-16,18,20-33H2,1-2H3/b13-11+,19-17+. The predicted molar refractivity (Wildman–Crippen MR) is 161 cm³/mol. The third-order valence-electron chi connectivity index (χ3n) is 7.09. The number of esters is 1. The number of unbranched alkanes of at least 4 members (excludes halogenated alkanes) is 21. The van der Waals surface area contributed by atoms with Gasteiger partial charge in [0.05, 0.1) is 6.61 Å². The summed E-state index contributed by atoms with van der Waals surface area (Å²) in [6.45, 7) is 5.16. The molecular weight excluding hydrogens is 440 g/mol. The molecule has 0 saturated heterocycles. The molecule has 0 aliphatic heterocycles. The first-order valence-corrected chi connectivity index (χ1v) is 16.3. The Kier molecular flexibility index (Phi) is 31.0. The van der Waals surface area contributed by atoms with Crippen molar-refractivity contribution in [2.24, 2.45) is 0 Å². The zero-order valence-electron chi connectivity index (χ0n) is 24.7. The van der Waals surface area contributed by atoms with Gasteiger partial charge in [-0.15, -0.1) is 0 Å². The third-order valence-corrected chi connectivity index (χ3v) is 7.09. The largest absolute Gasteiger partial charge is 0.466 e. The summed E-state index contributed by atoms with van der Waals surface area (Å²) >= 11 is 0. The highest BCUT2D eigenvalue weighted by molar-refractivity contribution is 5.69. The van der Waals surface area contributed by atoms with Crippen LogP contribution in [0.3, 0.4) is 0 Å². The van der Waals surface area contributed by atoms with E-state index in [1.807, 2.05) is 0 Å². The van der Waals surface area contributed by atoms with Gasteiger partial charge in [0, 0.05) is 6.42 Å². The van der Waals surface area contributed by atoms with Crippen LogP contribution in [0.1, 0.15) is 181 Å². The fraction of sp³-hybridized carbons (Fsp3) is 0.853. The minimum Gasteiger partial charge on any atom is -0.466 e. The second kappa shape index (κ2) is 32.0. The summed E-state index contributed by atoms with van der Waals surface area (Å²) in [5, 5.41) is 0. The van der Waals surface area contributed by atoms with Crippen molar-refractivity contribution in [2.45, 2.75) is 181 Å². The molecule has 0 radical (unpaired) electrons. The molecule has 0 amide bonds. The first-order valence-electron chi connectivity index (χ1n) is 16.3. The Labute approximate surface area is 227 Å². The minimum absolute atomic E-state index is 0.00961. The highest BCUT2D eigenvalue weighted by Gasteiger charge is 2.02. The summed E-state index contributed by atoms with van der Waals surface area (Å²) in [5.41, 5.74) is 0. The van der Waals surface area contributed by atoms with Gasteiger partial charge in [-0.2, -0.15) is 0 Å². The van der Waals surface area contributed by atoms with Crippen LogP contribution in [-0.4, -0.2) is 12.6 Å². The molecule has 0 aliphatic carbocycles. The quantitative estimate of drug-likeness (QED) is 0.0575. The Morgan fingerprint density at radius 2 is 0.861 bits per heavy atom. The lowest BCUT2D eigenvalue weighted by Gasteiger charge is -2.05. The molecule has 0 bridgehead atoms. The van der Waals surface area contributed by atoms with E-state index in [-0.39, 0.29) is 5.97 Å². The molecule has 0 atom stereocenters. The smallest absolute Gasteiger partial charge is 0.305 e. The minimum atomic E-state index is 0.00961. The summed E-state index contributed by atoms with van der Waals surface area (Å²) in [6, 6.07) is 0. The molecule has 0 saturated carbocycles. The Hall–Kier alpha value is -1.05. The van der Waals surface area contributed by atoms with Crippen LogP contribution in [0.5, 0.6) is 0 Å². The van der Waals surface area contributed by atoms with Gasteiger partial charge < -0.3 is 4.74 Å². The van der Waals surface area contributed by atoms with Crippen molar-refractivity contribution < 1.29 is 9.53 Å². The Bertz CT molecular complexity index is 480. The van der Waals surface area contributed by atoms with Gasteiger partial charge in [0.15, 0.2) is 0 Å². The van der Waals surface area contributed by atoms with Gasteiger partial charge in [0.1, 0.15) is 0 Å². The number of carbonyl (C=O) groups is 1. The molecule has 0 heterocycles. The average molecular weight is 505 g/mol. The van der Waals surface area contributed by atoms with Crippen LogP contribution in [0.2, 0.25) is 0 Å². The molecule has 2 heteroatoms. The lowest BCUT2D eigenvalue weighted by molar-refractivity contribution is -0.143. The monoisotopic (exact) mass is 504 g/mol. The van der Waals surface area contributed by atoms with Crippen LogP contribution in [0, 0.1) is 0 Å². The molecule has 0 aromatic carbocycles. The molecule has 0 rings (SSSR count). The number of hydrogen-bond donors (Lipinski definition) is 0. The molecular formula is C34H64O2. The molecule has 0 aromatic rings. The molecule has 0 N–H and O–H groups in total. The van der Waals surface area contributed by atoms with Gasteiger partial charge in [-0.25, -0.2) is 0 Å². The summed E-state index contributed by atoms with van der Waals surface area (Å²) in [7, 11) is 0. The molecule has 212 valence electrons. The molecule has 0 spiro atoms. The molecule has 0 aromatic heterocycles. The maximum atomic E-state index is 11.9. The number of allylic oxidation sites excluding steroid dienone is 4. The van der Waals surface area contributed by atoms with E-state index < -0.39 is 0 Å². The predicted octanol–water partition coefficient (Wildman–Crippen LogP) is 11.8. The van der Waals surface area contributed by atoms with Crippen LogP contribution in [0.4, 0.5) is 0 Å². The number of carbonyl (C=O) groups excluding carboxylic acids is 1. The normalized spacial score (nSPS) is 11.7. The molecule has 0 fully saturated rings. The zero-order chi connectivity index (χ0) is 26.2. The van der Waals surface area contributed by atoms with Crippen molar-refractivity contribution >= 4 is 5.97 Å². The van der Waals surface area contributed by atoms with Crippen molar-refractivity contribution in [1.82, 2.24) is 0 Å². The summed E-state index contributed by atoms with van der Waals surface area (Å²) < 4.78 is 5.41. The van der Waals surface area contributed by atoms with Crippen LogP contribution in [-0.2, 0) is 9.53 Å². The zero-order valence-corrected chi connectivity index (χ0v) is 24.7. The second-order valence-corrected chi connectivity index (χ2v) is 10.8. The number of ether oxygens (including phenoxy) is 1. The fourth-order valence-electron chi connectivity index (χ4n) is 4.64. The van der Waals surface area contributed by atoms with Crippen molar-refractivity contribution in [3.63, 3.8) is 0 Å². The van der Waals surface area contributed by atoms with Gasteiger partial charge in [-0.1, -0.05) is 154 Å². The van der Waals surface area contributed by atoms with Crippen molar-refractivity contribution in [3.05, 3.63) is 24.3 Å². The van der Waals surface area contributed by atoms with Gasteiger partial charge in [0.2, 0.25) is 0 Å². The molecule has 36 heavy (non-hydrogen) atoms. The summed E-state index contributed by atoms with van der Waals surface area (Å²) in [5.74, 6) is 0.00961. The lowest BCUT2D eigenvalue weighted by Crippen LogP contribution is -2.05. The van der Waals surface area contributed by atoms with E-state index in [4.69, 9.17) is 4.74 Å². The fourth-order valence-corrected chi connectivity index (χ4v) is 4.64. The van der Waals surface area contributed by atoms with Crippen LogP contribution >= 0.6 is 0 Å².